The smallest absolute Gasteiger partial charge is 0.371 e. The number of aromatic nitrogens is 2. The topological polar surface area (TPSA) is 242 Å². The number of ether oxygens (including phenoxy) is 2. The van der Waals surface area contributed by atoms with Gasteiger partial charge in [0, 0.05) is 68.7 Å². The van der Waals surface area contributed by atoms with Crippen LogP contribution in [0.5, 0.6) is 0 Å². The van der Waals surface area contributed by atoms with Gasteiger partial charge in [0.25, 0.3) is 5.91 Å². The van der Waals surface area contributed by atoms with Crippen LogP contribution in [0.4, 0.5) is 14.5 Å². The Kier molecular flexibility index (Phi) is 16.0. The molecule has 4 N–H and O–H groups in total. The zero-order valence-electron chi connectivity index (χ0n) is 45.1. The van der Waals surface area contributed by atoms with Crippen molar-refractivity contribution in [2.45, 2.75) is 102 Å². The second kappa shape index (κ2) is 22.5. The molecule has 5 atom stereocenters. The van der Waals surface area contributed by atoms with E-state index >= 15 is 0 Å². The number of rotatable bonds is 13. The molecule has 5 saturated heterocycles. The predicted molar refractivity (Wildman–Crippen MR) is 293 cm³/mol. The van der Waals surface area contributed by atoms with Crippen LogP contribution in [-0.4, -0.2) is 146 Å². The average molecular weight is 1150 g/mol. The van der Waals surface area contributed by atoms with Crippen molar-refractivity contribution in [3.8, 4) is 0 Å². The van der Waals surface area contributed by atoms with Gasteiger partial charge in [-0.05, 0) is 103 Å². The van der Waals surface area contributed by atoms with E-state index in [-0.39, 0.29) is 85.8 Å². The maximum atomic E-state index is 15.0. The summed E-state index contributed by atoms with van der Waals surface area (Å²) in [5.41, 5.74) is -3.38. The third kappa shape index (κ3) is 11.3. The van der Waals surface area contributed by atoms with Crippen LogP contribution in [0, 0.1) is 17.3 Å². The number of nitrogens with zero attached hydrogens (tertiary/aromatic N) is 6. The van der Waals surface area contributed by atoms with Gasteiger partial charge in [-0.1, -0.05) is 57.2 Å². The van der Waals surface area contributed by atoms with Gasteiger partial charge in [0.05, 0.1) is 35.2 Å². The molecule has 24 heteroatoms. The minimum Gasteiger partial charge on any atom is -0.371 e. The summed E-state index contributed by atoms with van der Waals surface area (Å²) in [5, 5.41) is 5.35. The molecule has 80 heavy (non-hydrogen) atoms. The van der Waals surface area contributed by atoms with E-state index < -0.39 is 72.3 Å². The van der Waals surface area contributed by atoms with Crippen LogP contribution in [0.25, 0.3) is 21.1 Å². The van der Waals surface area contributed by atoms with Gasteiger partial charge in [0.1, 0.15) is 30.8 Å². The molecule has 5 aliphatic rings. The number of thiophene rings is 1. The van der Waals surface area contributed by atoms with E-state index in [0.717, 1.165) is 73.5 Å². The van der Waals surface area contributed by atoms with Crippen molar-refractivity contribution < 1.29 is 61.4 Å². The fraction of sp³-hybridized carbons (Fsp3) is 0.518. The van der Waals surface area contributed by atoms with Gasteiger partial charge in [-0.15, -0.1) is 11.3 Å². The molecule has 5 aliphatic heterocycles. The van der Waals surface area contributed by atoms with Crippen LogP contribution < -0.4 is 21.2 Å². The third-order valence-corrected chi connectivity index (χ3v) is 18.9. The number of amides is 6. The highest BCUT2D eigenvalue weighted by atomic mass is 32.1. The fourth-order valence-corrected chi connectivity index (χ4v) is 13.6. The number of hydrogen-bond donors (Lipinski definition) is 4. The molecule has 7 heterocycles. The molecule has 0 aliphatic carbocycles. The van der Waals surface area contributed by atoms with E-state index in [1.165, 1.54) is 21.6 Å². The van der Waals surface area contributed by atoms with Gasteiger partial charge >= 0.3 is 18.9 Å². The first kappa shape index (κ1) is 56.9. The van der Waals surface area contributed by atoms with Crippen molar-refractivity contribution >= 4 is 81.2 Å². The summed E-state index contributed by atoms with van der Waals surface area (Å²) in [6.45, 7) is 8.46. The first-order chi connectivity index (χ1) is 38.0. The van der Waals surface area contributed by atoms with Crippen LogP contribution in [-0.2, 0) is 50.7 Å². The number of imide groups is 1. The molecule has 0 radical (unpaired) electrons. The molecule has 428 valence electrons. The Labute approximate surface area is 464 Å². The lowest BCUT2D eigenvalue weighted by atomic mass is 9.78. The van der Waals surface area contributed by atoms with Crippen LogP contribution >= 0.6 is 18.9 Å². The normalized spacial score (nSPS) is 22.5. The quantitative estimate of drug-likeness (QED) is 0.0825. The van der Waals surface area contributed by atoms with Gasteiger partial charge in [0.15, 0.2) is 0 Å². The molecular formula is C56H67F2N8O12PS. The summed E-state index contributed by atoms with van der Waals surface area (Å²) in [6.07, 6.45) is 2.91. The van der Waals surface area contributed by atoms with E-state index in [0.29, 0.717) is 40.7 Å². The lowest BCUT2D eigenvalue weighted by Crippen LogP contribution is -2.60. The highest BCUT2D eigenvalue weighted by Gasteiger charge is 2.51. The Morgan fingerprint density at radius 2 is 1.55 bits per heavy atom. The summed E-state index contributed by atoms with van der Waals surface area (Å²) in [6, 6.07) is 16.6. The minimum atomic E-state index is -5.86. The summed E-state index contributed by atoms with van der Waals surface area (Å²) >= 11 is 0.955. The Balaban J connectivity index is 0.783. The zero-order valence-corrected chi connectivity index (χ0v) is 46.8. The van der Waals surface area contributed by atoms with E-state index in [1.807, 2.05) is 48.5 Å². The number of piperidine rings is 3. The molecule has 1 unspecified atom stereocenters. The number of aryl methyl sites for hydroxylation is 1. The second-order valence-electron chi connectivity index (χ2n) is 22.8. The number of hydrogen-bond acceptors (Lipinski definition) is 12. The lowest BCUT2D eigenvalue weighted by Gasteiger charge is -2.41. The number of morpholine rings is 1. The SMILES string of the molecule is Cn1c(=O)n(C2CCC(=O)NC2=O)c2ccc(N3CCC(C4CCN(C(=O)CO[C@@H]5CCN(C(=O)[C@@H](NC(=O)c6cc7cc(C(F)(F)P(=O)(O)O)ccc7s6)C(C)(C)C)[C@@H]5C(=O)N5CCO[C@H](c6ccccc6)C5)CC4)CC3)cc21. The maximum Gasteiger partial charge on any atom is 0.399 e. The van der Waals surface area contributed by atoms with Gasteiger partial charge in [-0.2, -0.15) is 8.78 Å². The minimum absolute atomic E-state index is 0.0607. The Morgan fingerprint density at radius 3 is 2.23 bits per heavy atom. The predicted octanol–water partition coefficient (Wildman–Crippen LogP) is 5.65. The van der Waals surface area contributed by atoms with E-state index in [2.05, 4.69) is 15.5 Å². The summed E-state index contributed by atoms with van der Waals surface area (Å²) in [7, 11) is -4.17. The molecule has 3 aromatic carbocycles. The maximum absolute atomic E-state index is 15.0. The van der Waals surface area contributed by atoms with E-state index in [4.69, 9.17) is 9.47 Å². The standard InChI is InChI=1S/C56H67F2N8O12PS/c1-55(2,3)49(60-51(70)45-29-36-28-37(10-14-44(36)80-45)56(57,58)79(74,75)76)53(72)65-25-20-42(48(65)52(71)64-26-27-77-43(31-64)35-8-6-5-7-9-35)78-32-47(68)63-23-18-34(19-24-63)33-16-21-62(22-17-33)38-11-12-39-41(30-38)61(4)54(73)66(39)40-13-15-46(67)59-50(40)69/h5-12,14,28-30,33-34,40,42-43,48-49H,13,15-27,31-32H2,1-4H3,(H,60,70)(H,59,67,69)(H2,74,75,76)/t40?,42-,43+,48+,49-/m1/s1. The van der Waals surface area contributed by atoms with Crippen molar-refractivity contribution in [1.82, 2.24) is 34.5 Å². The molecular weight excluding hydrogens is 1080 g/mol. The number of halogens is 2. The number of carbonyl (C=O) groups is 6. The number of benzene rings is 3. The van der Waals surface area contributed by atoms with Crippen LogP contribution in [0.1, 0.15) is 98.7 Å². The molecule has 5 aromatic rings. The number of carbonyl (C=O) groups excluding carboxylic acids is 6. The van der Waals surface area contributed by atoms with Crippen molar-refractivity contribution in [3.05, 3.63) is 99.3 Å². The van der Waals surface area contributed by atoms with Gasteiger partial charge in [-0.25, -0.2) is 4.79 Å². The van der Waals surface area contributed by atoms with Gasteiger partial charge < -0.3 is 44.2 Å². The summed E-state index contributed by atoms with van der Waals surface area (Å²) in [5.74, 6) is -1.80. The van der Waals surface area contributed by atoms with E-state index in [9.17, 15) is 56.7 Å². The molecule has 20 nitrogen and oxygen atoms in total. The number of alkyl halides is 2. The van der Waals surface area contributed by atoms with Crippen LogP contribution in [0.3, 0.4) is 0 Å². The van der Waals surface area contributed by atoms with E-state index in [1.54, 1.807) is 42.2 Å². The first-order valence-corrected chi connectivity index (χ1v) is 29.6. The molecule has 6 amide bonds. The Bertz CT molecular complexity index is 3320. The summed E-state index contributed by atoms with van der Waals surface area (Å²) < 4.78 is 56.8. The van der Waals surface area contributed by atoms with Crippen molar-refractivity contribution in [2.24, 2.45) is 24.3 Å². The number of likely N-dealkylation sites (tertiary alicyclic amines) is 2. The second-order valence-corrected chi connectivity index (χ2v) is 25.5. The monoisotopic (exact) mass is 1140 g/mol. The van der Waals surface area contributed by atoms with Crippen molar-refractivity contribution in [1.29, 1.82) is 0 Å². The number of imidazole rings is 1. The lowest BCUT2D eigenvalue weighted by molar-refractivity contribution is -0.156. The number of nitrogens with one attached hydrogen (secondary N) is 2. The number of anilines is 1. The Morgan fingerprint density at radius 1 is 0.850 bits per heavy atom. The van der Waals surface area contributed by atoms with Crippen LogP contribution in [0.2, 0.25) is 0 Å². The first-order valence-electron chi connectivity index (χ1n) is 27.2. The highest BCUT2D eigenvalue weighted by Crippen LogP contribution is 2.59. The van der Waals surface area contributed by atoms with Gasteiger partial charge in [0.2, 0.25) is 29.5 Å². The average Bonchev–Trinajstić information content (AvgIpc) is 4.14. The molecule has 5 fully saturated rings. The van der Waals surface area contributed by atoms with Crippen molar-refractivity contribution in [3.63, 3.8) is 0 Å². The molecule has 0 bridgehead atoms. The summed E-state index contributed by atoms with van der Waals surface area (Å²) in [4.78, 5) is 122. The van der Waals surface area contributed by atoms with Crippen LogP contribution in [0.15, 0.2) is 77.6 Å². The highest BCUT2D eigenvalue weighted by molar-refractivity contribution is 7.52. The molecule has 10 rings (SSSR count). The third-order valence-electron chi connectivity index (χ3n) is 16.7. The van der Waals surface area contributed by atoms with Gasteiger partial charge in [-0.3, -0.25) is 47.8 Å². The molecule has 0 saturated carbocycles. The zero-order chi connectivity index (χ0) is 57.0. The fourth-order valence-electron chi connectivity index (χ4n) is 12.2. The molecule has 2 aromatic heterocycles. The Hall–Kier alpha value is -6.36. The molecule has 0 spiro atoms. The number of fused-ring (bicyclic) bond motifs is 2. The largest absolute Gasteiger partial charge is 0.399 e. The van der Waals surface area contributed by atoms with Crippen molar-refractivity contribution in [2.75, 3.05) is 63.9 Å².